The third-order valence-corrected chi connectivity index (χ3v) is 5.36. The summed E-state index contributed by atoms with van der Waals surface area (Å²) in [6.07, 6.45) is 3.46. The van der Waals surface area contributed by atoms with Crippen molar-refractivity contribution < 1.29 is 9.18 Å². The maximum Gasteiger partial charge on any atom is 0.251 e. The van der Waals surface area contributed by atoms with Gasteiger partial charge in [0.25, 0.3) is 5.91 Å². The quantitative estimate of drug-likeness (QED) is 0.684. The van der Waals surface area contributed by atoms with Crippen LogP contribution >= 0.6 is 0 Å². The van der Waals surface area contributed by atoms with Gasteiger partial charge in [-0.05, 0) is 41.5 Å². The van der Waals surface area contributed by atoms with Gasteiger partial charge < -0.3 is 10.2 Å². The van der Waals surface area contributed by atoms with Crippen LogP contribution in [-0.2, 0) is 13.1 Å². The van der Waals surface area contributed by atoms with Crippen LogP contribution in [0.4, 0.5) is 10.1 Å². The zero-order valence-electron chi connectivity index (χ0n) is 16.8. The molecular formula is C24H25FN4O. The van der Waals surface area contributed by atoms with E-state index in [1.807, 2.05) is 48.5 Å². The number of nitrogens with zero attached hydrogens (tertiary/aromatic N) is 3. The topological polar surface area (TPSA) is 48.5 Å². The number of para-hydroxylation sites is 1. The van der Waals surface area contributed by atoms with Crippen LogP contribution in [0.3, 0.4) is 0 Å². The van der Waals surface area contributed by atoms with Gasteiger partial charge >= 0.3 is 0 Å². The fourth-order valence-electron chi connectivity index (χ4n) is 3.66. The fraction of sp³-hybridized carbons (Fsp3) is 0.250. The molecule has 1 aromatic heterocycles. The molecule has 3 aromatic rings. The van der Waals surface area contributed by atoms with Crippen molar-refractivity contribution in [1.82, 2.24) is 15.2 Å². The number of piperazine rings is 1. The van der Waals surface area contributed by atoms with Gasteiger partial charge in [0.05, 0.1) is 5.69 Å². The highest BCUT2D eigenvalue weighted by molar-refractivity contribution is 5.94. The number of rotatable bonds is 6. The third kappa shape index (κ3) is 5.02. The Labute approximate surface area is 176 Å². The first kappa shape index (κ1) is 20.0. The van der Waals surface area contributed by atoms with Gasteiger partial charge in [0.1, 0.15) is 5.82 Å². The minimum absolute atomic E-state index is 0.0936. The maximum atomic E-state index is 14.0. The number of anilines is 1. The number of pyridine rings is 1. The number of carbonyl (C=O) groups excluding carboxylic acids is 1. The molecule has 2 aromatic carbocycles. The second kappa shape index (κ2) is 9.50. The molecule has 1 amide bonds. The number of halogens is 1. The van der Waals surface area contributed by atoms with Crippen molar-refractivity contribution in [3.05, 3.63) is 95.6 Å². The Morgan fingerprint density at radius 3 is 2.40 bits per heavy atom. The molecule has 0 bridgehead atoms. The lowest BCUT2D eigenvalue weighted by Gasteiger charge is -2.36. The molecule has 1 aliphatic rings. The molecule has 154 valence electrons. The van der Waals surface area contributed by atoms with E-state index in [0.717, 1.165) is 43.9 Å². The maximum absolute atomic E-state index is 14.0. The van der Waals surface area contributed by atoms with Crippen molar-refractivity contribution in [2.75, 3.05) is 31.1 Å². The molecule has 1 N–H and O–H groups in total. The van der Waals surface area contributed by atoms with Crippen LogP contribution in [0.5, 0.6) is 0 Å². The molecule has 1 aliphatic heterocycles. The highest BCUT2D eigenvalue weighted by Crippen LogP contribution is 2.20. The van der Waals surface area contributed by atoms with Crippen molar-refractivity contribution in [3.8, 4) is 0 Å². The summed E-state index contributed by atoms with van der Waals surface area (Å²) in [5, 5.41) is 2.92. The molecule has 0 radical (unpaired) electrons. The highest BCUT2D eigenvalue weighted by Gasteiger charge is 2.19. The first-order valence-electron chi connectivity index (χ1n) is 10.2. The van der Waals surface area contributed by atoms with E-state index in [0.29, 0.717) is 17.8 Å². The molecule has 1 saturated heterocycles. The van der Waals surface area contributed by atoms with Crippen LogP contribution in [0.1, 0.15) is 21.5 Å². The van der Waals surface area contributed by atoms with Crippen molar-refractivity contribution in [1.29, 1.82) is 0 Å². The molecule has 0 aliphatic carbocycles. The van der Waals surface area contributed by atoms with E-state index in [1.165, 1.54) is 6.07 Å². The monoisotopic (exact) mass is 404 g/mol. The van der Waals surface area contributed by atoms with Crippen molar-refractivity contribution in [2.24, 2.45) is 0 Å². The SMILES string of the molecule is O=C(NCc1cccnc1)c1ccc(CN2CCN(c3ccccc3F)CC2)cc1. The summed E-state index contributed by atoms with van der Waals surface area (Å²) in [6, 6.07) is 18.5. The normalized spacial score (nSPS) is 14.5. The summed E-state index contributed by atoms with van der Waals surface area (Å²) in [4.78, 5) is 20.8. The largest absolute Gasteiger partial charge is 0.367 e. The standard InChI is InChI=1S/C24H25FN4O/c25-22-5-1-2-6-23(22)29-14-12-28(13-15-29)18-19-7-9-21(10-8-19)24(30)27-17-20-4-3-11-26-16-20/h1-11,16H,12-15,17-18H2,(H,27,30). The summed E-state index contributed by atoms with van der Waals surface area (Å²) < 4.78 is 14.0. The minimum Gasteiger partial charge on any atom is -0.367 e. The summed E-state index contributed by atoms with van der Waals surface area (Å²) in [5.74, 6) is -0.257. The van der Waals surface area contributed by atoms with Crippen molar-refractivity contribution in [3.63, 3.8) is 0 Å². The van der Waals surface area contributed by atoms with Gasteiger partial charge in [0.15, 0.2) is 0 Å². The van der Waals surface area contributed by atoms with E-state index in [4.69, 9.17) is 0 Å². The zero-order chi connectivity index (χ0) is 20.8. The van der Waals surface area contributed by atoms with Crippen LogP contribution in [0, 0.1) is 5.82 Å². The Morgan fingerprint density at radius 1 is 0.933 bits per heavy atom. The van der Waals surface area contributed by atoms with Crippen LogP contribution in [0.25, 0.3) is 0 Å². The summed E-state index contributed by atoms with van der Waals surface area (Å²) in [7, 11) is 0. The number of benzene rings is 2. The summed E-state index contributed by atoms with van der Waals surface area (Å²) in [6.45, 7) is 4.64. The molecule has 2 heterocycles. The Morgan fingerprint density at radius 2 is 1.70 bits per heavy atom. The smallest absolute Gasteiger partial charge is 0.251 e. The van der Waals surface area contributed by atoms with Gasteiger partial charge in [0.2, 0.25) is 0 Å². The first-order chi connectivity index (χ1) is 14.7. The van der Waals surface area contributed by atoms with Crippen LogP contribution in [0.15, 0.2) is 73.1 Å². The number of aromatic nitrogens is 1. The lowest BCUT2D eigenvalue weighted by molar-refractivity contribution is 0.0951. The average Bonchev–Trinajstić information content (AvgIpc) is 2.80. The number of hydrogen-bond donors (Lipinski definition) is 1. The van der Waals surface area contributed by atoms with Crippen LogP contribution in [-0.4, -0.2) is 42.0 Å². The lowest BCUT2D eigenvalue weighted by Crippen LogP contribution is -2.46. The predicted molar refractivity (Wildman–Crippen MR) is 116 cm³/mol. The van der Waals surface area contributed by atoms with E-state index in [2.05, 4.69) is 20.1 Å². The van der Waals surface area contributed by atoms with E-state index in [9.17, 15) is 9.18 Å². The van der Waals surface area contributed by atoms with Crippen LogP contribution < -0.4 is 10.2 Å². The molecular weight excluding hydrogens is 379 g/mol. The Bertz CT molecular complexity index is 970. The molecule has 0 saturated carbocycles. The first-order valence-corrected chi connectivity index (χ1v) is 10.2. The minimum atomic E-state index is -0.164. The zero-order valence-corrected chi connectivity index (χ0v) is 16.8. The van der Waals surface area contributed by atoms with E-state index in [-0.39, 0.29) is 11.7 Å². The summed E-state index contributed by atoms with van der Waals surface area (Å²) in [5.41, 5.74) is 3.46. The highest BCUT2D eigenvalue weighted by atomic mass is 19.1. The van der Waals surface area contributed by atoms with Crippen molar-refractivity contribution >= 4 is 11.6 Å². The Hall–Kier alpha value is -3.25. The molecule has 5 nitrogen and oxygen atoms in total. The van der Waals surface area contributed by atoms with Gasteiger partial charge in [-0.2, -0.15) is 0 Å². The number of amides is 1. The lowest BCUT2D eigenvalue weighted by atomic mass is 10.1. The van der Waals surface area contributed by atoms with E-state index >= 15 is 0 Å². The molecule has 0 unspecified atom stereocenters. The predicted octanol–water partition coefficient (Wildman–Crippen LogP) is 3.47. The van der Waals surface area contributed by atoms with Gasteiger partial charge in [0, 0.05) is 57.2 Å². The molecule has 30 heavy (non-hydrogen) atoms. The Kier molecular flexibility index (Phi) is 6.35. The van der Waals surface area contributed by atoms with Crippen molar-refractivity contribution in [2.45, 2.75) is 13.1 Å². The van der Waals surface area contributed by atoms with E-state index in [1.54, 1.807) is 18.5 Å². The third-order valence-electron chi connectivity index (χ3n) is 5.36. The Balaban J connectivity index is 1.27. The second-order valence-electron chi connectivity index (χ2n) is 7.46. The number of hydrogen-bond acceptors (Lipinski definition) is 4. The average molecular weight is 404 g/mol. The molecule has 0 atom stereocenters. The molecule has 0 spiro atoms. The van der Waals surface area contributed by atoms with Gasteiger partial charge in [-0.1, -0.05) is 30.3 Å². The van der Waals surface area contributed by atoms with Gasteiger partial charge in [-0.15, -0.1) is 0 Å². The van der Waals surface area contributed by atoms with Gasteiger partial charge in [-0.25, -0.2) is 4.39 Å². The fourth-order valence-corrected chi connectivity index (χ4v) is 3.66. The number of nitrogens with one attached hydrogen (secondary N) is 1. The molecule has 4 rings (SSSR count). The summed E-state index contributed by atoms with van der Waals surface area (Å²) >= 11 is 0. The van der Waals surface area contributed by atoms with Gasteiger partial charge in [-0.3, -0.25) is 14.7 Å². The van der Waals surface area contributed by atoms with E-state index < -0.39 is 0 Å². The number of carbonyl (C=O) groups is 1. The second-order valence-corrected chi connectivity index (χ2v) is 7.46. The van der Waals surface area contributed by atoms with Crippen LogP contribution in [0.2, 0.25) is 0 Å². The molecule has 1 fully saturated rings. The molecule has 6 heteroatoms.